The molecule has 2 heterocycles. The summed E-state index contributed by atoms with van der Waals surface area (Å²) in [6, 6.07) is 0. The Labute approximate surface area is 89.9 Å². The molecule has 0 fully saturated rings. The highest BCUT2D eigenvalue weighted by atomic mass is 32.2. The number of hydrogen-bond acceptors (Lipinski definition) is 6. The normalized spacial score (nSPS) is 10.3. The van der Waals surface area contributed by atoms with Crippen molar-refractivity contribution < 1.29 is 8.42 Å². The molecule has 0 aliphatic carbocycles. The van der Waals surface area contributed by atoms with E-state index >= 15 is 0 Å². The average molecular weight is 272 g/mol. The Morgan fingerprint density at radius 2 is 1.08 bits per heavy atom. The molecule has 0 atom stereocenters. The van der Waals surface area contributed by atoms with Crippen LogP contribution in [0.3, 0.4) is 0 Å². The molecule has 2 rings (SSSR count). The fourth-order valence-corrected chi connectivity index (χ4v) is 8.04. The first-order chi connectivity index (χ1) is 5.83. The van der Waals surface area contributed by atoms with Crippen molar-refractivity contribution in [3.63, 3.8) is 0 Å². The molecule has 0 unspecified atom stereocenters. The molecule has 64 valence electrons. The Hall–Kier alpha value is 0.400. The topological polar surface area (TPSA) is 34.1 Å². The van der Waals surface area contributed by atoms with Gasteiger partial charge in [-0.05, 0) is 0 Å². The van der Waals surface area contributed by atoms with Crippen LogP contribution in [0.1, 0.15) is 0 Å². The van der Waals surface area contributed by atoms with Gasteiger partial charge in [-0.2, -0.15) is 0 Å². The van der Waals surface area contributed by atoms with E-state index in [4.69, 9.17) is 0 Å². The molecule has 0 aliphatic heterocycles. The Morgan fingerprint density at radius 1 is 0.750 bits per heavy atom. The first-order valence-corrected chi connectivity index (χ1v) is 7.37. The van der Waals surface area contributed by atoms with E-state index < -0.39 is 0 Å². The van der Waals surface area contributed by atoms with Crippen molar-refractivity contribution in [1.29, 1.82) is 0 Å². The van der Waals surface area contributed by atoms with E-state index in [-0.39, 0.29) is 0 Å². The second-order valence-corrected chi connectivity index (χ2v) is 8.95. The molecule has 0 aliphatic rings. The zero-order valence-electron chi connectivity index (χ0n) is 5.27. The summed E-state index contributed by atoms with van der Waals surface area (Å²) in [7, 11) is 0. The third kappa shape index (κ3) is 1.54. The molecular weight excluding hydrogens is 272 g/mol. The van der Waals surface area contributed by atoms with Crippen LogP contribution < -0.4 is 0 Å². The monoisotopic (exact) mass is 272 g/mol. The van der Waals surface area contributed by atoms with Gasteiger partial charge < -0.3 is 0 Å². The van der Waals surface area contributed by atoms with E-state index in [9.17, 15) is 8.42 Å². The maximum absolute atomic E-state index is 10.4. The van der Waals surface area contributed by atoms with Crippen LogP contribution in [0.5, 0.6) is 0 Å². The molecule has 2 aromatic heterocycles. The van der Waals surface area contributed by atoms with Crippen LogP contribution in [-0.4, -0.2) is 8.42 Å². The Balaban J connectivity index is 3.02. The number of hydrogen-bond donors (Lipinski definition) is 0. The molecule has 8 heteroatoms. The lowest BCUT2D eigenvalue weighted by atomic mass is 11.1. The lowest BCUT2D eigenvalue weighted by Crippen LogP contribution is -1.38. The minimum Gasteiger partial charge on any atom is -0.210 e. The second-order valence-electron chi connectivity index (χ2n) is 1.65. The Morgan fingerprint density at radius 3 is 1.33 bits per heavy atom. The van der Waals surface area contributed by atoms with E-state index in [1.165, 1.54) is 45.3 Å². The van der Waals surface area contributed by atoms with Gasteiger partial charge in [0.05, 0.1) is 0 Å². The van der Waals surface area contributed by atoms with Crippen LogP contribution in [0.4, 0.5) is 0 Å². The highest BCUT2D eigenvalue weighted by Gasteiger charge is 2.01. The molecule has 0 saturated heterocycles. The van der Waals surface area contributed by atoms with Gasteiger partial charge in [-0.25, -0.2) is 8.42 Å². The van der Waals surface area contributed by atoms with Crippen molar-refractivity contribution in [1.82, 2.24) is 0 Å². The summed E-state index contributed by atoms with van der Waals surface area (Å²) in [4.78, 5) is 0. The van der Waals surface area contributed by atoms with Gasteiger partial charge in [0.2, 0.25) is 0 Å². The van der Waals surface area contributed by atoms with Crippen LogP contribution in [0.15, 0.2) is 0 Å². The lowest BCUT2D eigenvalue weighted by Gasteiger charge is -1.59. The molecule has 0 saturated carbocycles. The SMILES string of the molecule is O=S=c1sc2sc(=S=O)sc2s1. The van der Waals surface area contributed by atoms with Crippen molar-refractivity contribution in [3.05, 3.63) is 6.28 Å². The molecule has 2 nitrogen and oxygen atoms in total. The van der Waals surface area contributed by atoms with E-state index in [1.54, 1.807) is 0 Å². The van der Waals surface area contributed by atoms with Crippen molar-refractivity contribution in [2.45, 2.75) is 0 Å². The fraction of sp³-hybridized carbons (Fsp3) is 0. The van der Waals surface area contributed by atoms with Crippen LogP contribution in [0, 0.1) is 6.28 Å². The maximum Gasteiger partial charge on any atom is 0.176 e. The molecule has 0 bridgehead atoms. The fourth-order valence-electron chi connectivity index (χ4n) is 0.621. The van der Waals surface area contributed by atoms with Crippen LogP contribution in [0.25, 0.3) is 8.03 Å². The average Bonchev–Trinajstić information content (AvgIpc) is 2.59. The lowest BCUT2D eigenvalue weighted by molar-refractivity contribution is 0.699. The molecule has 0 N–H and O–H groups in total. The van der Waals surface area contributed by atoms with E-state index in [2.05, 4.69) is 0 Å². The molecule has 0 amide bonds. The maximum atomic E-state index is 10.4. The van der Waals surface area contributed by atoms with Gasteiger partial charge in [0.25, 0.3) is 0 Å². The second kappa shape index (κ2) is 3.64. The van der Waals surface area contributed by atoms with Crippen molar-refractivity contribution in [3.8, 4) is 0 Å². The summed E-state index contributed by atoms with van der Waals surface area (Å²) in [5.41, 5.74) is 0. The predicted octanol–water partition coefficient (Wildman–Crippen LogP) is 2.58. The third-order valence-electron chi connectivity index (χ3n) is 1.01. The molecule has 0 spiro atoms. The van der Waals surface area contributed by atoms with Crippen molar-refractivity contribution in [2.24, 2.45) is 0 Å². The largest absolute Gasteiger partial charge is 0.210 e. The van der Waals surface area contributed by atoms with Gasteiger partial charge in [0.1, 0.15) is 30.5 Å². The first kappa shape index (κ1) is 8.97. The van der Waals surface area contributed by atoms with E-state index in [1.807, 2.05) is 0 Å². The smallest absolute Gasteiger partial charge is 0.176 e. The van der Waals surface area contributed by atoms with E-state index in [0.717, 1.165) is 14.3 Å². The standard InChI is InChI=1S/C4O2S6/c5-11-3-7-1-2(9-3)10-4(8-1)12-6. The highest BCUT2D eigenvalue weighted by molar-refractivity contribution is 7.72. The third-order valence-corrected chi connectivity index (χ3v) is 7.84. The van der Waals surface area contributed by atoms with Gasteiger partial charge in [0, 0.05) is 0 Å². The predicted molar refractivity (Wildman–Crippen MR) is 58.2 cm³/mol. The molecule has 2 aromatic rings. The van der Waals surface area contributed by atoms with Gasteiger partial charge in [-0.1, -0.05) is 45.3 Å². The van der Waals surface area contributed by atoms with Gasteiger partial charge in [0.15, 0.2) is 6.28 Å². The molecular formula is C4O2S6. The highest BCUT2D eigenvalue weighted by Crippen LogP contribution is 2.36. The summed E-state index contributed by atoms with van der Waals surface area (Å²) in [5, 5.41) is 0. The summed E-state index contributed by atoms with van der Waals surface area (Å²) in [5.74, 6) is 0. The molecule has 0 aromatic carbocycles. The molecule has 12 heavy (non-hydrogen) atoms. The minimum atomic E-state index is 0.528. The van der Waals surface area contributed by atoms with Crippen LogP contribution in [-0.2, 0) is 22.5 Å². The van der Waals surface area contributed by atoms with Gasteiger partial charge in [-0.3, -0.25) is 0 Å². The van der Waals surface area contributed by atoms with Crippen LogP contribution >= 0.6 is 45.3 Å². The van der Waals surface area contributed by atoms with Gasteiger partial charge in [-0.15, -0.1) is 0 Å². The first-order valence-electron chi connectivity index (χ1n) is 2.62. The van der Waals surface area contributed by atoms with Crippen molar-refractivity contribution >= 4 is 75.9 Å². The number of fused-ring (bicyclic) bond motifs is 1. The molecule has 0 radical (unpaired) electrons. The summed E-state index contributed by atoms with van der Waals surface area (Å²) in [6.45, 7) is 0. The minimum absolute atomic E-state index is 0.528. The van der Waals surface area contributed by atoms with Crippen molar-refractivity contribution in [2.75, 3.05) is 0 Å². The Bertz CT molecular complexity index is 496. The van der Waals surface area contributed by atoms with Crippen LogP contribution in [0.2, 0.25) is 0 Å². The summed E-state index contributed by atoms with van der Waals surface area (Å²) >= 11 is 6.97. The number of rotatable bonds is 0. The summed E-state index contributed by atoms with van der Waals surface area (Å²) in [6.07, 6.45) is 0. The zero-order valence-corrected chi connectivity index (χ0v) is 10.2. The summed E-state index contributed by atoms with van der Waals surface area (Å²) < 4.78 is 24.7. The Kier molecular flexibility index (Phi) is 2.72. The van der Waals surface area contributed by atoms with Gasteiger partial charge >= 0.3 is 0 Å². The quantitative estimate of drug-likeness (QED) is 0.691. The zero-order chi connectivity index (χ0) is 8.55. The van der Waals surface area contributed by atoms with E-state index in [0.29, 0.717) is 22.5 Å².